The number of halogens is 5. The second-order valence-electron chi connectivity index (χ2n) is 9.79. The van der Waals surface area contributed by atoms with E-state index in [1.54, 1.807) is 12.1 Å². The number of alkyl halides is 3. The molecule has 0 atom stereocenters. The summed E-state index contributed by atoms with van der Waals surface area (Å²) in [7, 11) is -2.91. The smallest absolute Gasteiger partial charge is 0.416 e. The van der Waals surface area contributed by atoms with Gasteiger partial charge in [0.25, 0.3) is 5.69 Å². The molecule has 17 heteroatoms. The third kappa shape index (κ3) is 8.02. The van der Waals surface area contributed by atoms with Crippen LogP contribution in [0.3, 0.4) is 0 Å². The number of hydrogen-bond acceptors (Lipinski definition) is 10. The highest BCUT2D eigenvalue weighted by Gasteiger charge is 2.36. The number of methoxy groups -OCH3 is 1. The molecule has 0 unspecified atom stereocenters. The van der Waals surface area contributed by atoms with E-state index in [0.29, 0.717) is 28.7 Å². The number of carbonyl (C=O) groups excluding carboxylic acids is 2. The summed E-state index contributed by atoms with van der Waals surface area (Å²) in [6.07, 6.45) is -1.14. The minimum absolute atomic E-state index is 0.0441. The minimum Gasteiger partial charge on any atom is -0.465 e. The van der Waals surface area contributed by atoms with Crippen LogP contribution in [0.4, 0.5) is 18.9 Å². The zero-order valence-corrected chi connectivity index (χ0v) is 26.0. The van der Waals surface area contributed by atoms with Gasteiger partial charge in [-0.25, -0.2) is 13.2 Å². The van der Waals surface area contributed by atoms with Crippen LogP contribution in [0.15, 0.2) is 70.2 Å². The molecule has 1 saturated carbocycles. The topological polar surface area (TPSA) is 156 Å². The number of ketones is 1. The van der Waals surface area contributed by atoms with Crippen LogP contribution in [0, 0.1) is 10.1 Å². The number of nitro benzene ring substituents is 1. The summed E-state index contributed by atoms with van der Waals surface area (Å²) < 4.78 is 77.3. The highest BCUT2D eigenvalue weighted by atomic mass is 35.5. The van der Waals surface area contributed by atoms with Gasteiger partial charge in [-0.2, -0.15) is 13.2 Å². The molecule has 242 valence electrons. The molecule has 5 rings (SSSR count). The van der Waals surface area contributed by atoms with E-state index in [2.05, 4.69) is 9.89 Å². The van der Waals surface area contributed by atoms with Crippen molar-refractivity contribution in [3.05, 3.63) is 109 Å². The molecule has 0 amide bonds. The molecular weight excluding hydrogens is 680 g/mol. The number of aromatic nitrogens is 1. The molecule has 46 heavy (non-hydrogen) atoms. The predicted octanol–water partition coefficient (Wildman–Crippen LogP) is 7.69. The van der Waals surface area contributed by atoms with Gasteiger partial charge >= 0.3 is 12.1 Å². The SMILES string of the molecule is COC(=O)c1cc(Oc2ccc(Cl)cc2Cl)ccc1[N+](=O)[O-].CS(=O)(=O)c1cc(C(F)(F)F)ccc1C(=O)c1cnoc1C1CC1. The van der Waals surface area contributed by atoms with Crippen molar-refractivity contribution in [3.8, 4) is 11.5 Å². The number of hydrogen-bond donors (Lipinski definition) is 0. The molecule has 0 bridgehead atoms. The molecule has 1 fully saturated rings. The molecule has 1 aliphatic rings. The van der Waals surface area contributed by atoms with Gasteiger partial charge in [-0.3, -0.25) is 14.9 Å². The van der Waals surface area contributed by atoms with Crippen LogP contribution in [0.25, 0.3) is 0 Å². The van der Waals surface area contributed by atoms with Gasteiger partial charge in [0.1, 0.15) is 17.1 Å². The number of carbonyl (C=O) groups is 2. The normalized spacial score (nSPS) is 12.9. The molecule has 0 N–H and O–H groups in total. The summed E-state index contributed by atoms with van der Waals surface area (Å²) in [4.78, 5) is 33.9. The maximum Gasteiger partial charge on any atom is 0.416 e. The number of ether oxygens (including phenoxy) is 2. The van der Waals surface area contributed by atoms with Crippen LogP contribution in [0.1, 0.15) is 56.4 Å². The Labute approximate surface area is 268 Å². The van der Waals surface area contributed by atoms with Crippen LogP contribution >= 0.6 is 23.2 Å². The first-order valence-electron chi connectivity index (χ1n) is 12.9. The third-order valence-corrected chi connectivity index (χ3v) is 8.10. The molecule has 0 aliphatic heterocycles. The average molecular weight is 701 g/mol. The largest absolute Gasteiger partial charge is 0.465 e. The maximum atomic E-state index is 12.8. The second-order valence-corrected chi connectivity index (χ2v) is 12.6. The number of esters is 1. The molecule has 0 saturated heterocycles. The van der Waals surface area contributed by atoms with E-state index in [9.17, 15) is 41.3 Å². The number of nitrogens with zero attached hydrogens (tertiary/aromatic N) is 2. The highest BCUT2D eigenvalue weighted by molar-refractivity contribution is 7.90. The lowest BCUT2D eigenvalue weighted by atomic mass is 10.0. The Bertz CT molecular complexity index is 1940. The van der Waals surface area contributed by atoms with Crippen LogP contribution in [-0.4, -0.2) is 43.6 Å². The third-order valence-electron chi connectivity index (χ3n) is 6.44. The number of sulfone groups is 1. The van der Waals surface area contributed by atoms with Crippen molar-refractivity contribution in [1.29, 1.82) is 0 Å². The van der Waals surface area contributed by atoms with Gasteiger partial charge in [-0.05, 0) is 55.3 Å². The van der Waals surface area contributed by atoms with Crippen LogP contribution in [-0.2, 0) is 20.8 Å². The second kappa shape index (κ2) is 13.5. The fourth-order valence-corrected chi connectivity index (χ4v) is 5.44. The van der Waals surface area contributed by atoms with Gasteiger partial charge in [0.05, 0.1) is 39.3 Å². The van der Waals surface area contributed by atoms with Crippen LogP contribution in [0.2, 0.25) is 10.0 Å². The summed E-state index contributed by atoms with van der Waals surface area (Å²) >= 11 is 11.8. The first kappa shape index (κ1) is 34.4. The van der Waals surface area contributed by atoms with Gasteiger partial charge in [-0.1, -0.05) is 28.4 Å². The molecule has 1 aromatic heterocycles. The Hall–Kier alpha value is -4.47. The van der Waals surface area contributed by atoms with E-state index in [-0.39, 0.29) is 39.1 Å². The molecule has 0 spiro atoms. The summed E-state index contributed by atoms with van der Waals surface area (Å²) in [5, 5.41) is 15.2. The fraction of sp³-hybridized carbons (Fsp3) is 0.207. The van der Waals surface area contributed by atoms with Crippen molar-refractivity contribution in [1.82, 2.24) is 5.16 Å². The van der Waals surface area contributed by atoms with Gasteiger partial charge < -0.3 is 14.0 Å². The average Bonchev–Trinajstić information content (AvgIpc) is 3.72. The zero-order valence-electron chi connectivity index (χ0n) is 23.6. The van der Waals surface area contributed by atoms with Crippen molar-refractivity contribution < 1.29 is 50.1 Å². The lowest BCUT2D eigenvalue weighted by Gasteiger charge is -2.11. The standard InChI is InChI=1S/C15H12F3NO4S.C14H9Cl2NO5/c1-24(21,22)12-6-9(15(16,17)18)4-5-10(12)13(20)11-7-19-23-14(11)8-2-3-8;1-21-14(18)10-7-9(3-4-12(10)17(19)20)22-13-5-2-8(15)6-11(13)16/h4-8H,2-3H2,1H3;2-7H,1H3. The maximum absolute atomic E-state index is 12.8. The summed E-state index contributed by atoms with van der Waals surface area (Å²) in [6, 6.07) is 10.4. The van der Waals surface area contributed by atoms with E-state index >= 15 is 0 Å². The van der Waals surface area contributed by atoms with Gasteiger partial charge in [0.2, 0.25) is 0 Å². The first-order chi connectivity index (χ1) is 21.5. The minimum atomic E-state index is -4.71. The first-order valence-corrected chi connectivity index (χ1v) is 15.6. The predicted molar refractivity (Wildman–Crippen MR) is 157 cm³/mol. The van der Waals surface area contributed by atoms with E-state index in [1.807, 2.05) is 0 Å². The van der Waals surface area contributed by atoms with Gasteiger partial charge in [0, 0.05) is 34.9 Å². The number of benzene rings is 3. The van der Waals surface area contributed by atoms with E-state index in [0.717, 1.165) is 38.3 Å². The summed E-state index contributed by atoms with van der Waals surface area (Å²) in [6.45, 7) is 0. The van der Waals surface area contributed by atoms with Crippen LogP contribution < -0.4 is 4.74 Å². The van der Waals surface area contributed by atoms with E-state index in [1.165, 1.54) is 24.4 Å². The van der Waals surface area contributed by atoms with E-state index in [4.69, 9.17) is 32.5 Å². The lowest BCUT2D eigenvalue weighted by Crippen LogP contribution is -2.13. The van der Waals surface area contributed by atoms with Crippen LogP contribution in [0.5, 0.6) is 11.5 Å². The van der Waals surface area contributed by atoms with E-state index < -0.39 is 43.1 Å². The molecule has 4 aromatic rings. The summed E-state index contributed by atoms with van der Waals surface area (Å²) in [5.41, 5.74) is -1.96. The Morgan fingerprint density at radius 3 is 2.28 bits per heavy atom. The Morgan fingerprint density at radius 2 is 1.72 bits per heavy atom. The molecular formula is C29H21Cl2F3N2O9S. The number of nitro groups is 1. The molecule has 1 aliphatic carbocycles. The Balaban J connectivity index is 0.000000210. The Morgan fingerprint density at radius 1 is 1.02 bits per heavy atom. The molecule has 3 aromatic carbocycles. The molecule has 11 nitrogen and oxygen atoms in total. The summed E-state index contributed by atoms with van der Waals surface area (Å²) in [5.74, 6) is -0.653. The molecule has 0 radical (unpaired) electrons. The van der Waals surface area contributed by atoms with Crippen molar-refractivity contribution >= 4 is 50.5 Å². The monoisotopic (exact) mass is 700 g/mol. The highest BCUT2D eigenvalue weighted by Crippen LogP contribution is 2.42. The van der Waals surface area contributed by atoms with Crippen molar-refractivity contribution in [2.45, 2.75) is 29.8 Å². The number of rotatable bonds is 8. The van der Waals surface area contributed by atoms with Gasteiger partial charge in [-0.15, -0.1) is 0 Å². The lowest BCUT2D eigenvalue weighted by molar-refractivity contribution is -0.385. The zero-order chi connectivity index (χ0) is 34.0. The molecule has 1 heterocycles. The Kier molecular flexibility index (Phi) is 10.1. The van der Waals surface area contributed by atoms with Crippen molar-refractivity contribution in [3.63, 3.8) is 0 Å². The van der Waals surface area contributed by atoms with Gasteiger partial charge in [0.15, 0.2) is 21.4 Å². The van der Waals surface area contributed by atoms with Crippen molar-refractivity contribution in [2.75, 3.05) is 13.4 Å². The quantitative estimate of drug-likeness (QED) is 0.0773. The van der Waals surface area contributed by atoms with Crippen molar-refractivity contribution in [2.24, 2.45) is 0 Å². The fourth-order valence-electron chi connectivity index (χ4n) is 4.09.